The van der Waals surface area contributed by atoms with Crippen LogP contribution < -0.4 is 5.32 Å². The number of nitrogens with one attached hydrogen (secondary N) is 1. The third-order valence-electron chi connectivity index (χ3n) is 2.43. The molecule has 20 heavy (non-hydrogen) atoms. The molecule has 1 heterocycles. The van der Waals surface area contributed by atoms with Crippen molar-refractivity contribution in [2.45, 2.75) is 0 Å². The van der Waals surface area contributed by atoms with Crippen LogP contribution >= 0.6 is 27.5 Å². The molecule has 1 aromatic heterocycles. The molecule has 1 N–H and O–H groups in total. The quantitative estimate of drug-likeness (QED) is 0.516. The van der Waals surface area contributed by atoms with E-state index in [1.807, 2.05) is 0 Å². The first-order chi connectivity index (χ1) is 9.50. The Bertz CT molecular complexity index is 693. The molecule has 2 aromatic rings. The van der Waals surface area contributed by atoms with Crippen LogP contribution in [0.4, 0.5) is 11.4 Å². The average molecular weight is 357 g/mol. The van der Waals surface area contributed by atoms with Gasteiger partial charge in [-0.3, -0.25) is 14.9 Å². The Morgan fingerprint density at radius 1 is 1.35 bits per heavy atom. The lowest BCUT2D eigenvalue weighted by Crippen LogP contribution is -2.13. The van der Waals surface area contributed by atoms with Gasteiger partial charge < -0.3 is 5.32 Å². The van der Waals surface area contributed by atoms with Gasteiger partial charge in [-0.05, 0) is 34.1 Å². The highest BCUT2D eigenvalue weighted by Gasteiger charge is 2.20. The summed E-state index contributed by atoms with van der Waals surface area (Å²) in [7, 11) is 0. The average Bonchev–Trinajstić information content (AvgIpc) is 2.41. The molecule has 0 aliphatic rings. The maximum atomic E-state index is 12.1. The van der Waals surface area contributed by atoms with Gasteiger partial charge in [-0.1, -0.05) is 17.7 Å². The first-order valence-corrected chi connectivity index (χ1v) is 6.52. The van der Waals surface area contributed by atoms with E-state index in [1.54, 1.807) is 18.3 Å². The van der Waals surface area contributed by atoms with Crippen molar-refractivity contribution in [3.05, 3.63) is 61.8 Å². The number of pyridine rings is 1. The van der Waals surface area contributed by atoms with Gasteiger partial charge in [-0.15, -0.1) is 0 Å². The lowest BCUT2D eigenvalue weighted by molar-refractivity contribution is -0.384. The number of hydrogen-bond donors (Lipinski definition) is 1. The van der Waals surface area contributed by atoms with Crippen LogP contribution in [0.15, 0.2) is 41.1 Å². The summed E-state index contributed by atoms with van der Waals surface area (Å²) in [6.45, 7) is 0. The number of carbonyl (C=O) groups is 1. The van der Waals surface area contributed by atoms with E-state index in [9.17, 15) is 14.9 Å². The molecule has 6 nitrogen and oxygen atoms in total. The molecule has 0 fully saturated rings. The first-order valence-electron chi connectivity index (χ1n) is 5.35. The minimum absolute atomic E-state index is 0.0246. The number of aromatic nitrogens is 1. The molecule has 0 saturated heterocycles. The summed E-state index contributed by atoms with van der Waals surface area (Å²) >= 11 is 9.06. The van der Waals surface area contributed by atoms with Crippen LogP contribution in [0.3, 0.4) is 0 Å². The molecule has 0 spiro atoms. The van der Waals surface area contributed by atoms with Crippen LogP contribution in [0.5, 0.6) is 0 Å². The normalized spacial score (nSPS) is 10.1. The van der Waals surface area contributed by atoms with E-state index in [-0.39, 0.29) is 16.3 Å². The van der Waals surface area contributed by atoms with Gasteiger partial charge in [0, 0.05) is 12.3 Å². The van der Waals surface area contributed by atoms with Crippen molar-refractivity contribution in [3.63, 3.8) is 0 Å². The fourth-order valence-electron chi connectivity index (χ4n) is 1.51. The number of halogens is 2. The Morgan fingerprint density at radius 2 is 2.10 bits per heavy atom. The van der Waals surface area contributed by atoms with E-state index in [4.69, 9.17) is 11.6 Å². The van der Waals surface area contributed by atoms with Crippen molar-refractivity contribution in [3.8, 4) is 0 Å². The highest BCUT2D eigenvalue weighted by atomic mass is 79.9. The molecule has 0 atom stereocenters. The lowest BCUT2D eigenvalue weighted by atomic mass is 10.2. The van der Waals surface area contributed by atoms with Gasteiger partial charge in [0.2, 0.25) is 0 Å². The second-order valence-electron chi connectivity index (χ2n) is 3.69. The van der Waals surface area contributed by atoms with Gasteiger partial charge in [0.1, 0.15) is 9.63 Å². The Kier molecular flexibility index (Phi) is 4.31. The zero-order valence-electron chi connectivity index (χ0n) is 9.84. The maximum absolute atomic E-state index is 12.1. The molecule has 2 rings (SSSR count). The van der Waals surface area contributed by atoms with Gasteiger partial charge >= 0.3 is 0 Å². The fraction of sp³-hybridized carbons (Fsp3) is 0. The summed E-state index contributed by atoms with van der Waals surface area (Å²) in [4.78, 5) is 26.2. The van der Waals surface area contributed by atoms with Crippen LogP contribution in [0, 0.1) is 10.1 Å². The number of carbonyl (C=O) groups excluding carboxylic acids is 1. The molecule has 1 amide bonds. The van der Waals surface area contributed by atoms with Crippen molar-refractivity contribution in [2.75, 3.05) is 5.32 Å². The van der Waals surface area contributed by atoms with E-state index in [2.05, 4.69) is 26.2 Å². The number of amides is 1. The summed E-state index contributed by atoms with van der Waals surface area (Å²) in [5.41, 5.74) is 0.154. The second-order valence-corrected chi connectivity index (χ2v) is 4.82. The van der Waals surface area contributed by atoms with Crippen molar-refractivity contribution < 1.29 is 9.72 Å². The molecule has 0 saturated carbocycles. The number of nitro benzene ring substituents is 1. The minimum atomic E-state index is -0.640. The zero-order chi connectivity index (χ0) is 14.7. The smallest absolute Gasteiger partial charge is 0.288 e. The summed E-state index contributed by atoms with van der Waals surface area (Å²) in [5, 5.41) is 13.2. The van der Waals surface area contributed by atoms with Crippen molar-refractivity contribution in [2.24, 2.45) is 0 Å². The number of anilines is 1. The first kappa shape index (κ1) is 14.4. The van der Waals surface area contributed by atoms with Crippen molar-refractivity contribution in [1.29, 1.82) is 0 Å². The molecular weight excluding hydrogens is 350 g/mol. The van der Waals surface area contributed by atoms with Crippen molar-refractivity contribution in [1.82, 2.24) is 4.98 Å². The molecular formula is C12H7BrClN3O3. The molecule has 102 valence electrons. The van der Waals surface area contributed by atoms with E-state index in [0.717, 1.165) is 0 Å². The summed E-state index contributed by atoms with van der Waals surface area (Å²) in [6.07, 6.45) is 1.56. The van der Waals surface area contributed by atoms with E-state index in [1.165, 1.54) is 18.2 Å². The van der Waals surface area contributed by atoms with E-state index < -0.39 is 10.8 Å². The molecule has 0 bridgehead atoms. The van der Waals surface area contributed by atoms with Crippen LogP contribution in [0.1, 0.15) is 10.4 Å². The summed E-state index contributed by atoms with van der Waals surface area (Å²) < 4.78 is 0.454. The minimum Gasteiger partial charge on any atom is -0.320 e. The van der Waals surface area contributed by atoms with Gasteiger partial charge in [0.25, 0.3) is 11.6 Å². The van der Waals surface area contributed by atoms with Gasteiger partial charge in [-0.25, -0.2) is 4.98 Å². The molecule has 1 aromatic carbocycles. The molecule has 0 radical (unpaired) electrons. The third kappa shape index (κ3) is 2.94. The molecule has 0 aliphatic heterocycles. The van der Waals surface area contributed by atoms with Crippen LogP contribution in [0.2, 0.25) is 5.02 Å². The van der Waals surface area contributed by atoms with Gasteiger partial charge in [0.05, 0.1) is 16.2 Å². The fourth-order valence-corrected chi connectivity index (χ4v) is 2.14. The second kappa shape index (κ2) is 5.98. The van der Waals surface area contributed by atoms with Gasteiger partial charge in [0.15, 0.2) is 0 Å². The Labute approximate surface area is 127 Å². The predicted molar refractivity (Wildman–Crippen MR) is 78.0 cm³/mol. The molecule has 8 heteroatoms. The predicted octanol–water partition coefficient (Wildman–Crippen LogP) is 3.66. The molecule has 0 unspecified atom stereocenters. The van der Waals surface area contributed by atoms with Crippen molar-refractivity contribution >= 4 is 44.8 Å². The highest BCUT2D eigenvalue weighted by molar-refractivity contribution is 9.10. The van der Waals surface area contributed by atoms with Crippen LogP contribution in [-0.2, 0) is 0 Å². The number of nitrogens with zero attached hydrogens (tertiary/aromatic N) is 2. The highest BCUT2D eigenvalue weighted by Crippen LogP contribution is 2.28. The Hall–Kier alpha value is -1.99. The van der Waals surface area contributed by atoms with Gasteiger partial charge in [-0.2, -0.15) is 0 Å². The Balaban J connectivity index is 2.33. The largest absolute Gasteiger partial charge is 0.320 e. The van der Waals surface area contributed by atoms with E-state index in [0.29, 0.717) is 10.3 Å². The standard InChI is InChI=1S/C12H7BrClN3O3/c13-11-8(4-2-6-15-11)16-12(18)7-3-1-5-9(10(7)14)17(19)20/h1-6H,(H,16,18). The Morgan fingerprint density at radius 3 is 2.75 bits per heavy atom. The monoisotopic (exact) mass is 355 g/mol. The number of nitro groups is 1. The lowest BCUT2D eigenvalue weighted by Gasteiger charge is -2.07. The number of hydrogen-bond acceptors (Lipinski definition) is 4. The topological polar surface area (TPSA) is 85.1 Å². The van der Waals surface area contributed by atoms with Crippen LogP contribution in [0.25, 0.3) is 0 Å². The van der Waals surface area contributed by atoms with Crippen LogP contribution in [-0.4, -0.2) is 15.8 Å². The third-order valence-corrected chi connectivity index (χ3v) is 3.46. The van der Waals surface area contributed by atoms with E-state index >= 15 is 0 Å². The number of benzene rings is 1. The SMILES string of the molecule is O=C(Nc1cccnc1Br)c1cccc([N+](=O)[O-])c1Cl. The molecule has 0 aliphatic carbocycles. The zero-order valence-corrected chi connectivity index (χ0v) is 12.2. The summed E-state index contributed by atoms with van der Waals surface area (Å²) in [6, 6.07) is 7.33. The number of rotatable bonds is 3. The maximum Gasteiger partial charge on any atom is 0.288 e. The summed E-state index contributed by atoms with van der Waals surface area (Å²) in [5.74, 6) is -0.549.